The fourth-order valence-corrected chi connectivity index (χ4v) is 1.75. The second-order valence-corrected chi connectivity index (χ2v) is 4.42. The third kappa shape index (κ3) is 3.84. The van der Waals surface area contributed by atoms with Gasteiger partial charge >= 0.3 is 0 Å². The zero-order valence-electron chi connectivity index (χ0n) is 10.9. The van der Waals surface area contributed by atoms with Crippen molar-refractivity contribution >= 4 is 17.4 Å². The van der Waals surface area contributed by atoms with Crippen molar-refractivity contribution in [3.8, 4) is 0 Å². The van der Waals surface area contributed by atoms with Crippen molar-refractivity contribution in [2.75, 3.05) is 11.1 Å². The molecule has 1 heterocycles. The van der Waals surface area contributed by atoms with Gasteiger partial charge in [0.15, 0.2) is 5.82 Å². The summed E-state index contributed by atoms with van der Waals surface area (Å²) in [5.74, 6) is 0.546. The van der Waals surface area contributed by atoms with Gasteiger partial charge < -0.3 is 11.1 Å². The van der Waals surface area contributed by atoms with Crippen LogP contribution in [0.5, 0.6) is 0 Å². The van der Waals surface area contributed by atoms with Crippen molar-refractivity contribution in [2.45, 2.75) is 26.2 Å². The molecular weight excluding hydrogens is 240 g/mol. The van der Waals surface area contributed by atoms with Crippen molar-refractivity contribution in [3.63, 3.8) is 0 Å². The highest BCUT2D eigenvalue weighted by atomic mass is 16.1. The maximum absolute atomic E-state index is 11.8. The summed E-state index contributed by atoms with van der Waals surface area (Å²) in [6.07, 6.45) is 1.99. The molecule has 0 aliphatic heterocycles. The molecule has 1 aromatic carbocycles. The van der Waals surface area contributed by atoms with E-state index in [-0.39, 0.29) is 5.91 Å². The van der Waals surface area contributed by atoms with E-state index in [1.165, 1.54) is 0 Å². The Bertz CT molecular complexity index is 545. The molecule has 0 aliphatic carbocycles. The van der Waals surface area contributed by atoms with E-state index in [1.54, 1.807) is 0 Å². The molecule has 0 fully saturated rings. The van der Waals surface area contributed by atoms with Gasteiger partial charge in [-0.3, -0.25) is 9.89 Å². The zero-order chi connectivity index (χ0) is 13.7. The van der Waals surface area contributed by atoms with E-state index >= 15 is 0 Å². The summed E-state index contributed by atoms with van der Waals surface area (Å²) in [5, 5.41) is 9.65. The number of anilines is 2. The number of carbonyl (C=O) groups excluding carboxylic acids is 1. The molecule has 0 radical (unpaired) electrons. The summed E-state index contributed by atoms with van der Waals surface area (Å²) in [6.45, 7) is 2.03. The molecule has 2 aromatic rings. The lowest BCUT2D eigenvalue weighted by atomic mass is 10.1. The number of carbonyl (C=O) groups is 1. The van der Waals surface area contributed by atoms with Gasteiger partial charge in [-0.2, -0.15) is 5.10 Å². The SMILES string of the molecule is CCc1cc(NC(=O)CCc2ccc(N)cc2)n[nH]1. The molecule has 2 rings (SSSR count). The van der Waals surface area contributed by atoms with Crippen LogP contribution >= 0.6 is 0 Å². The number of aromatic amines is 1. The van der Waals surface area contributed by atoms with Crippen molar-refractivity contribution in [2.24, 2.45) is 0 Å². The Morgan fingerprint density at radius 1 is 1.37 bits per heavy atom. The lowest BCUT2D eigenvalue weighted by Gasteiger charge is -2.02. The number of nitrogen functional groups attached to an aromatic ring is 1. The van der Waals surface area contributed by atoms with Crippen LogP contribution in [0.4, 0.5) is 11.5 Å². The summed E-state index contributed by atoms with van der Waals surface area (Å²) in [6, 6.07) is 9.41. The van der Waals surface area contributed by atoms with Crippen LogP contribution in [0, 0.1) is 0 Å². The second-order valence-electron chi connectivity index (χ2n) is 4.42. The zero-order valence-corrected chi connectivity index (χ0v) is 10.9. The Balaban J connectivity index is 1.82. The predicted octanol–water partition coefficient (Wildman–Crippen LogP) is 2.13. The highest BCUT2D eigenvalue weighted by Crippen LogP contribution is 2.09. The van der Waals surface area contributed by atoms with Gasteiger partial charge in [-0.15, -0.1) is 0 Å². The van der Waals surface area contributed by atoms with Crippen molar-refractivity contribution in [3.05, 3.63) is 41.6 Å². The molecule has 1 amide bonds. The van der Waals surface area contributed by atoms with Gasteiger partial charge in [0.05, 0.1) is 0 Å². The Labute approximate surface area is 112 Å². The number of H-pyrrole nitrogens is 1. The lowest BCUT2D eigenvalue weighted by molar-refractivity contribution is -0.116. The molecule has 0 saturated heterocycles. The van der Waals surface area contributed by atoms with Gasteiger partial charge in [0, 0.05) is 23.9 Å². The van der Waals surface area contributed by atoms with Crippen LogP contribution in [-0.2, 0) is 17.6 Å². The quantitative estimate of drug-likeness (QED) is 0.718. The highest BCUT2D eigenvalue weighted by molar-refractivity contribution is 5.89. The number of hydrogen-bond donors (Lipinski definition) is 3. The summed E-state index contributed by atoms with van der Waals surface area (Å²) >= 11 is 0. The standard InChI is InChI=1S/C14H18N4O/c1-2-12-9-13(18-17-12)16-14(19)8-5-10-3-6-11(15)7-4-10/h3-4,6-7,9H,2,5,8,15H2,1H3,(H2,16,17,18,19). The normalized spacial score (nSPS) is 10.4. The van der Waals surface area contributed by atoms with Crippen molar-refractivity contribution in [1.82, 2.24) is 10.2 Å². The van der Waals surface area contributed by atoms with Gasteiger partial charge in [-0.05, 0) is 30.5 Å². The fraction of sp³-hybridized carbons (Fsp3) is 0.286. The number of nitrogens with zero attached hydrogens (tertiary/aromatic N) is 1. The molecule has 0 bridgehead atoms. The van der Waals surface area contributed by atoms with E-state index in [1.807, 2.05) is 37.3 Å². The van der Waals surface area contributed by atoms with Gasteiger partial charge in [0.1, 0.15) is 0 Å². The lowest BCUT2D eigenvalue weighted by Crippen LogP contribution is -2.12. The summed E-state index contributed by atoms with van der Waals surface area (Å²) in [7, 11) is 0. The van der Waals surface area contributed by atoms with Gasteiger partial charge in [-0.25, -0.2) is 0 Å². The van der Waals surface area contributed by atoms with Gasteiger partial charge in [0.25, 0.3) is 0 Å². The minimum absolute atomic E-state index is 0.0361. The Hall–Kier alpha value is -2.30. The first kappa shape index (κ1) is 13.1. The Morgan fingerprint density at radius 2 is 2.11 bits per heavy atom. The molecule has 1 aromatic heterocycles. The molecule has 0 unspecified atom stereocenters. The van der Waals surface area contributed by atoms with E-state index in [0.29, 0.717) is 18.7 Å². The highest BCUT2D eigenvalue weighted by Gasteiger charge is 2.05. The third-order valence-electron chi connectivity index (χ3n) is 2.90. The molecule has 19 heavy (non-hydrogen) atoms. The Kier molecular flexibility index (Phi) is 4.18. The number of benzene rings is 1. The largest absolute Gasteiger partial charge is 0.399 e. The third-order valence-corrected chi connectivity index (χ3v) is 2.90. The number of aromatic nitrogens is 2. The first-order chi connectivity index (χ1) is 9.17. The van der Waals surface area contributed by atoms with Gasteiger partial charge in [-0.1, -0.05) is 19.1 Å². The van der Waals surface area contributed by atoms with Crippen LogP contribution in [0.15, 0.2) is 30.3 Å². The predicted molar refractivity (Wildman–Crippen MR) is 75.8 cm³/mol. The van der Waals surface area contributed by atoms with Crippen molar-refractivity contribution in [1.29, 1.82) is 0 Å². The maximum Gasteiger partial charge on any atom is 0.225 e. The summed E-state index contributed by atoms with van der Waals surface area (Å²) in [5.41, 5.74) is 8.45. The molecule has 4 N–H and O–H groups in total. The molecule has 0 spiro atoms. The summed E-state index contributed by atoms with van der Waals surface area (Å²) in [4.78, 5) is 11.8. The molecule has 5 nitrogen and oxygen atoms in total. The average molecular weight is 258 g/mol. The molecular formula is C14H18N4O. The van der Waals surface area contributed by atoms with E-state index in [4.69, 9.17) is 5.73 Å². The summed E-state index contributed by atoms with van der Waals surface area (Å²) < 4.78 is 0. The van der Waals surface area contributed by atoms with Crippen LogP contribution in [0.1, 0.15) is 24.6 Å². The average Bonchev–Trinajstić information content (AvgIpc) is 2.86. The van der Waals surface area contributed by atoms with Crippen LogP contribution in [0.3, 0.4) is 0 Å². The van der Waals surface area contributed by atoms with Crippen molar-refractivity contribution < 1.29 is 4.79 Å². The Morgan fingerprint density at radius 3 is 2.74 bits per heavy atom. The maximum atomic E-state index is 11.8. The fourth-order valence-electron chi connectivity index (χ4n) is 1.75. The van der Waals surface area contributed by atoms with E-state index in [9.17, 15) is 4.79 Å². The van der Waals surface area contributed by atoms with E-state index < -0.39 is 0 Å². The number of amides is 1. The van der Waals surface area contributed by atoms with Crippen LogP contribution in [0.2, 0.25) is 0 Å². The molecule has 5 heteroatoms. The topological polar surface area (TPSA) is 83.8 Å². The minimum atomic E-state index is -0.0361. The smallest absolute Gasteiger partial charge is 0.225 e. The second kappa shape index (κ2) is 6.04. The number of nitrogens with two attached hydrogens (primary N) is 1. The van der Waals surface area contributed by atoms with E-state index in [0.717, 1.165) is 23.4 Å². The number of rotatable bonds is 5. The number of aryl methyl sites for hydroxylation is 2. The minimum Gasteiger partial charge on any atom is -0.399 e. The molecule has 0 aliphatic rings. The van der Waals surface area contributed by atoms with Crippen LogP contribution in [-0.4, -0.2) is 16.1 Å². The van der Waals surface area contributed by atoms with Crippen LogP contribution in [0.25, 0.3) is 0 Å². The van der Waals surface area contributed by atoms with E-state index in [2.05, 4.69) is 15.5 Å². The molecule has 0 atom stereocenters. The van der Waals surface area contributed by atoms with Crippen LogP contribution < -0.4 is 11.1 Å². The number of hydrogen-bond acceptors (Lipinski definition) is 3. The molecule has 0 saturated carbocycles. The molecule has 100 valence electrons. The number of nitrogens with one attached hydrogen (secondary N) is 2. The first-order valence-electron chi connectivity index (χ1n) is 6.36. The first-order valence-corrected chi connectivity index (χ1v) is 6.36. The van der Waals surface area contributed by atoms with Gasteiger partial charge in [0.2, 0.25) is 5.91 Å². The monoisotopic (exact) mass is 258 g/mol.